The summed E-state index contributed by atoms with van der Waals surface area (Å²) < 4.78 is 39.2. The van der Waals surface area contributed by atoms with E-state index >= 15 is 0 Å². The van der Waals surface area contributed by atoms with E-state index in [-0.39, 0.29) is 16.5 Å². The molecule has 9 nitrogen and oxygen atoms in total. The molecule has 0 saturated heterocycles. The average molecular weight is 515 g/mol. The molecular weight excluding hydrogens is 495 g/mol. The summed E-state index contributed by atoms with van der Waals surface area (Å²) >= 11 is 0. The number of imidazole rings is 2. The molecule has 5 aromatic rings. The normalized spacial score (nSPS) is 11.2. The number of anilines is 1. The summed E-state index contributed by atoms with van der Waals surface area (Å²) in [5.74, 6) is 5.03. The number of sulfone groups is 1. The zero-order valence-electron chi connectivity index (χ0n) is 19.7. The van der Waals surface area contributed by atoms with Gasteiger partial charge in [0, 0.05) is 29.3 Å². The van der Waals surface area contributed by atoms with Gasteiger partial charge in [0.05, 0.1) is 11.9 Å². The summed E-state index contributed by atoms with van der Waals surface area (Å²) in [5.41, 5.74) is 3.70. The van der Waals surface area contributed by atoms with Gasteiger partial charge < -0.3 is 10.3 Å². The van der Waals surface area contributed by atoms with E-state index in [0.717, 1.165) is 11.8 Å². The maximum Gasteiger partial charge on any atom is 0.276 e. The largest absolute Gasteiger partial charge is 0.328 e. The first-order valence-electron chi connectivity index (χ1n) is 11.0. The Bertz CT molecular complexity index is 1830. The quantitative estimate of drug-likeness (QED) is 0.353. The molecule has 0 bridgehead atoms. The highest BCUT2D eigenvalue weighted by Crippen LogP contribution is 2.25. The molecule has 37 heavy (non-hydrogen) atoms. The fourth-order valence-corrected chi connectivity index (χ4v) is 4.13. The number of fused-ring (bicyclic) bond motifs is 1. The van der Waals surface area contributed by atoms with Gasteiger partial charge in [-0.25, -0.2) is 27.3 Å². The molecule has 5 rings (SSSR count). The lowest BCUT2D eigenvalue weighted by Gasteiger charge is -2.07. The van der Waals surface area contributed by atoms with Crippen LogP contribution < -0.4 is 5.32 Å². The highest BCUT2D eigenvalue weighted by atomic mass is 32.2. The number of aromatic nitrogens is 5. The lowest BCUT2D eigenvalue weighted by molar-refractivity contribution is 0.102. The lowest BCUT2D eigenvalue weighted by atomic mass is 10.1. The van der Waals surface area contributed by atoms with Crippen molar-refractivity contribution in [2.24, 2.45) is 0 Å². The van der Waals surface area contributed by atoms with Gasteiger partial charge in [-0.15, -0.1) is 0 Å². The lowest BCUT2D eigenvalue weighted by Crippen LogP contribution is -2.14. The SMILES string of the molecule is Cc1ccc(NC(=O)c2nc(S(C)(=O)=O)[nH]c2-c2ccc(F)cc2)cc1C#Cc1cnc2cccnn12. The molecule has 3 aromatic heterocycles. The highest BCUT2D eigenvalue weighted by molar-refractivity contribution is 7.90. The number of rotatable bonds is 4. The summed E-state index contributed by atoms with van der Waals surface area (Å²) in [5, 5.41) is 6.63. The summed E-state index contributed by atoms with van der Waals surface area (Å²) in [6.45, 7) is 1.89. The third kappa shape index (κ3) is 4.96. The van der Waals surface area contributed by atoms with Gasteiger partial charge in [-0.1, -0.05) is 12.0 Å². The van der Waals surface area contributed by atoms with Crippen LogP contribution in [-0.2, 0) is 9.84 Å². The second kappa shape index (κ2) is 9.33. The van der Waals surface area contributed by atoms with Crippen molar-refractivity contribution in [3.8, 4) is 23.1 Å². The van der Waals surface area contributed by atoms with Gasteiger partial charge in [0.2, 0.25) is 15.0 Å². The smallest absolute Gasteiger partial charge is 0.276 e. The van der Waals surface area contributed by atoms with E-state index in [1.165, 1.54) is 24.3 Å². The number of aryl methyl sites for hydroxylation is 1. The first-order valence-corrected chi connectivity index (χ1v) is 12.9. The second-order valence-electron chi connectivity index (χ2n) is 8.22. The van der Waals surface area contributed by atoms with Crippen LogP contribution in [0.5, 0.6) is 0 Å². The Hall–Kier alpha value is -4.82. The summed E-state index contributed by atoms with van der Waals surface area (Å²) in [6.07, 6.45) is 4.25. The molecule has 0 atom stereocenters. The van der Waals surface area contributed by atoms with Crippen LogP contribution in [0.15, 0.2) is 72.1 Å². The molecule has 1 amide bonds. The number of carbonyl (C=O) groups is 1. The maximum atomic E-state index is 13.4. The zero-order chi connectivity index (χ0) is 26.2. The van der Waals surface area contributed by atoms with Crippen molar-refractivity contribution < 1.29 is 17.6 Å². The Morgan fingerprint density at radius 1 is 1.11 bits per heavy atom. The molecule has 0 aliphatic rings. The van der Waals surface area contributed by atoms with Gasteiger partial charge >= 0.3 is 0 Å². The molecule has 3 heterocycles. The number of aromatic amines is 1. The molecule has 0 aliphatic carbocycles. The third-order valence-electron chi connectivity index (χ3n) is 5.48. The summed E-state index contributed by atoms with van der Waals surface area (Å²) in [4.78, 5) is 24.2. The fraction of sp³-hybridized carbons (Fsp3) is 0.0769. The molecule has 0 unspecified atom stereocenters. The first-order chi connectivity index (χ1) is 17.7. The predicted molar refractivity (Wildman–Crippen MR) is 135 cm³/mol. The molecule has 0 spiro atoms. The Balaban J connectivity index is 1.47. The van der Waals surface area contributed by atoms with E-state index in [1.54, 1.807) is 41.2 Å². The molecule has 11 heteroatoms. The number of halogens is 1. The van der Waals surface area contributed by atoms with Gasteiger partial charge in [0.1, 0.15) is 11.5 Å². The Morgan fingerprint density at radius 2 is 1.89 bits per heavy atom. The van der Waals surface area contributed by atoms with Crippen molar-refractivity contribution in [2.45, 2.75) is 12.1 Å². The van der Waals surface area contributed by atoms with E-state index in [4.69, 9.17) is 0 Å². The summed E-state index contributed by atoms with van der Waals surface area (Å²) in [7, 11) is -3.74. The predicted octanol–water partition coefficient (Wildman–Crippen LogP) is 3.62. The van der Waals surface area contributed by atoms with Crippen LogP contribution in [0.3, 0.4) is 0 Å². The van der Waals surface area contributed by atoms with Crippen LogP contribution in [0.4, 0.5) is 10.1 Å². The van der Waals surface area contributed by atoms with Gasteiger partial charge in [-0.05, 0) is 66.9 Å². The molecular formula is C26H19FN6O3S. The Kier molecular flexibility index (Phi) is 6.02. The Morgan fingerprint density at radius 3 is 2.65 bits per heavy atom. The Labute approximate surface area is 211 Å². The van der Waals surface area contributed by atoms with Crippen LogP contribution in [0.1, 0.15) is 27.3 Å². The number of nitrogens with zero attached hydrogens (tertiary/aromatic N) is 4. The van der Waals surface area contributed by atoms with E-state index in [2.05, 4.69) is 37.2 Å². The fourth-order valence-electron chi connectivity index (χ4n) is 3.59. The van der Waals surface area contributed by atoms with Crippen molar-refractivity contribution in [2.75, 3.05) is 11.6 Å². The number of benzene rings is 2. The van der Waals surface area contributed by atoms with Crippen molar-refractivity contribution in [1.29, 1.82) is 0 Å². The number of amides is 1. The van der Waals surface area contributed by atoms with Gasteiger partial charge in [-0.3, -0.25) is 4.79 Å². The first kappa shape index (κ1) is 23.9. The van der Waals surface area contributed by atoms with Crippen LogP contribution >= 0.6 is 0 Å². The van der Waals surface area contributed by atoms with Crippen molar-refractivity contribution >= 4 is 27.1 Å². The van der Waals surface area contributed by atoms with Crippen molar-refractivity contribution in [3.63, 3.8) is 0 Å². The number of hydrogen-bond acceptors (Lipinski definition) is 6. The molecule has 0 radical (unpaired) electrons. The van der Waals surface area contributed by atoms with Gasteiger partial charge in [0.25, 0.3) is 5.91 Å². The van der Waals surface area contributed by atoms with Crippen LogP contribution in [0.25, 0.3) is 16.9 Å². The van der Waals surface area contributed by atoms with Crippen LogP contribution in [-0.4, -0.2) is 45.1 Å². The minimum absolute atomic E-state index is 0.142. The minimum atomic E-state index is -3.74. The van der Waals surface area contributed by atoms with Gasteiger partial charge in [-0.2, -0.15) is 5.10 Å². The third-order valence-corrected chi connectivity index (χ3v) is 6.38. The van der Waals surface area contributed by atoms with Crippen molar-refractivity contribution in [3.05, 3.63) is 95.3 Å². The molecule has 0 saturated carbocycles. The number of hydrogen-bond donors (Lipinski definition) is 2. The summed E-state index contributed by atoms with van der Waals surface area (Å²) in [6, 6.07) is 14.1. The van der Waals surface area contributed by atoms with Crippen molar-refractivity contribution in [1.82, 2.24) is 24.6 Å². The van der Waals surface area contributed by atoms with E-state index in [0.29, 0.717) is 28.2 Å². The maximum absolute atomic E-state index is 13.4. The molecule has 2 aromatic carbocycles. The van der Waals surface area contributed by atoms with Crippen LogP contribution in [0.2, 0.25) is 0 Å². The molecule has 0 aliphatic heterocycles. The topological polar surface area (TPSA) is 122 Å². The van der Waals surface area contributed by atoms with E-state index < -0.39 is 21.6 Å². The second-order valence-corrected chi connectivity index (χ2v) is 10.1. The molecule has 184 valence electrons. The molecule has 0 fully saturated rings. The standard InChI is InChI=1S/C26H19FN6O3S/c1-16-5-11-20(14-18(16)8-12-21-15-28-22-4-3-13-29-33(21)22)30-25(34)24-23(17-6-9-19(27)10-7-17)31-26(32-24)37(2,35)36/h3-7,9-11,13-15H,1-2H3,(H,30,34)(H,31,32). The monoisotopic (exact) mass is 514 g/mol. The van der Waals surface area contributed by atoms with Gasteiger partial charge in [0.15, 0.2) is 11.3 Å². The minimum Gasteiger partial charge on any atom is -0.328 e. The molecule has 2 N–H and O–H groups in total. The van der Waals surface area contributed by atoms with E-state index in [9.17, 15) is 17.6 Å². The zero-order valence-corrected chi connectivity index (χ0v) is 20.5. The number of carbonyl (C=O) groups excluding carboxylic acids is 1. The highest BCUT2D eigenvalue weighted by Gasteiger charge is 2.23. The van der Waals surface area contributed by atoms with E-state index in [1.807, 2.05) is 13.0 Å². The number of H-pyrrole nitrogens is 1. The average Bonchev–Trinajstić information content (AvgIpc) is 3.50. The number of nitrogens with one attached hydrogen (secondary N) is 2. The van der Waals surface area contributed by atoms with Crippen LogP contribution in [0, 0.1) is 24.6 Å².